The largest absolute Gasteiger partial charge is 0.361 e. The minimum Gasteiger partial charge on any atom is -0.361 e. The van der Waals surface area contributed by atoms with Gasteiger partial charge in [0.05, 0.1) is 6.54 Å². The molecule has 1 aromatic rings. The summed E-state index contributed by atoms with van der Waals surface area (Å²) in [4.78, 5) is 11.9. The molecule has 0 radical (unpaired) electrons. The molecule has 0 aliphatic carbocycles. The number of hydrogen-bond donors (Lipinski definition) is 2. The number of nitrogens with one attached hydrogen (secondary N) is 2. The Kier molecular flexibility index (Phi) is 3.55. The number of amides is 1. The predicted molar refractivity (Wildman–Crippen MR) is 70.4 cm³/mol. The minimum atomic E-state index is 0.131. The summed E-state index contributed by atoms with van der Waals surface area (Å²) in [6.45, 7) is 2.32. The summed E-state index contributed by atoms with van der Waals surface area (Å²) < 4.78 is 4.97. The van der Waals surface area contributed by atoms with E-state index in [2.05, 4.69) is 15.8 Å². The molecular weight excluding hydrogens is 242 g/mol. The van der Waals surface area contributed by atoms with E-state index in [0.29, 0.717) is 31.0 Å². The van der Waals surface area contributed by atoms with Crippen molar-refractivity contribution in [3.63, 3.8) is 0 Å². The second-order valence-corrected chi connectivity index (χ2v) is 5.89. The summed E-state index contributed by atoms with van der Waals surface area (Å²) in [5.74, 6) is 1.45. The number of piperidine rings is 1. The van der Waals surface area contributed by atoms with Crippen molar-refractivity contribution in [1.82, 2.24) is 15.8 Å². The summed E-state index contributed by atoms with van der Waals surface area (Å²) in [5.41, 5.74) is 0.788. The van der Waals surface area contributed by atoms with E-state index in [4.69, 9.17) is 4.52 Å². The molecule has 0 saturated carbocycles. The van der Waals surface area contributed by atoms with Crippen molar-refractivity contribution in [2.75, 3.05) is 0 Å². The van der Waals surface area contributed by atoms with Gasteiger partial charge in [-0.05, 0) is 38.5 Å². The normalized spacial score (nSPS) is 29.4. The Morgan fingerprint density at radius 3 is 2.84 bits per heavy atom. The topological polar surface area (TPSA) is 67.2 Å². The van der Waals surface area contributed by atoms with Gasteiger partial charge in [0.15, 0.2) is 0 Å². The summed E-state index contributed by atoms with van der Waals surface area (Å²) in [7, 11) is 0. The lowest BCUT2D eigenvalue weighted by Crippen LogP contribution is -2.39. The zero-order valence-corrected chi connectivity index (χ0v) is 11.3. The Balaban J connectivity index is 1.44. The first kappa shape index (κ1) is 12.7. The highest BCUT2D eigenvalue weighted by atomic mass is 16.5. The quantitative estimate of drug-likeness (QED) is 0.864. The molecule has 2 saturated heterocycles. The molecular formula is C14H21N3O2. The van der Waals surface area contributed by atoms with Gasteiger partial charge in [-0.3, -0.25) is 4.79 Å². The van der Waals surface area contributed by atoms with Gasteiger partial charge in [-0.2, -0.15) is 0 Å². The molecule has 3 rings (SSSR count). The first-order chi connectivity index (χ1) is 9.19. The zero-order chi connectivity index (χ0) is 13.2. The van der Waals surface area contributed by atoms with Crippen LogP contribution in [0.3, 0.4) is 0 Å². The Morgan fingerprint density at radius 1 is 1.47 bits per heavy atom. The van der Waals surface area contributed by atoms with E-state index < -0.39 is 0 Å². The molecule has 2 atom stereocenters. The molecule has 2 fully saturated rings. The van der Waals surface area contributed by atoms with Crippen molar-refractivity contribution < 1.29 is 9.32 Å². The first-order valence-electron chi connectivity index (χ1n) is 7.14. The van der Waals surface area contributed by atoms with E-state index in [1.807, 2.05) is 13.0 Å². The van der Waals surface area contributed by atoms with Crippen LogP contribution in [0.2, 0.25) is 0 Å². The van der Waals surface area contributed by atoms with Crippen LogP contribution in [0.5, 0.6) is 0 Å². The number of nitrogens with zero attached hydrogens (tertiary/aromatic N) is 1. The standard InChI is InChI=1S/C14H21N3O2/c1-9-4-13(17-19-9)8-15-14(18)7-10-5-11-2-3-12(6-10)16-11/h4,10-12,16H,2-3,5-8H2,1H3,(H,15,18). The lowest BCUT2D eigenvalue weighted by Gasteiger charge is -2.28. The number of rotatable bonds is 4. The summed E-state index contributed by atoms with van der Waals surface area (Å²) in [6, 6.07) is 3.15. The van der Waals surface area contributed by atoms with Crippen molar-refractivity contribution in [2.45, 2.75) is 57.7 Å². The van der Waals surface area contributed by atoms with Crippen LogP contribution in [0, 0.1) is 12.8 Å². The number of aryl methyl sites for hydroxylation is 1. The third kappa shape index (κ3) is 3.15. The molecule has 2 bridgehead atoms. The highest BCUT2D eigenvalue weighted by Gasteiger charge is 2.34. The Hall–Kier alpha value is -1.36. The molecule has 2 aliphatic rings. The van der Waals surface area contributed by atoms with Crippen LogP contribution in [0.25, 0.3) is 0 Å². The Morgan fingerprint density at radius 2 is 2.21 bits per heavy atom. The lowest BCUT2D eigenvalue weighted by molar-refractivity contribution is -0.122. The fourth-order valence-electron chi connectivity index (χ4n) is 3.37. The highest BCUT2D eigenvalue weighted by molar-refractivity contribution is 5.76. The van der Waals surface area contributed by atoms with E-state index in [-0.39, 0.29) is 5.91 Å². The zero-order valence-electron chi connectivity index (χ0n) is 11.3. The molecule has 0 aromatic carbocycles. The average Bonchev–Trinajstić information content (AvgIpc) is 2.93. The number of fused-ring (bicyclic) bond motifs is 2. The molecule has 2 N–H and O–H groups in total. The second kappa shape index (κ2) is 5.33. The number of carbonyl (C=O) groups is 1. The Bertz CT molecular complexity index is 445. The van der Waals surface area contributed by atoms with Crippen LogP contribution in [0.4, 0.5) is 0 Å². The molecule has 2 unspecified atom stereocenters. The van der Waals surface area contributed by atoms with Crippen LogP contribution in [-0.2, 0) is 11.3 Å². The van der Waals surface area contributed by atoms with Gasteiger partial charge in [-0.25, -0.2) is 0 Å². The van der Waals surface area contributed by atoms with Gasteiger partial charge in [-0.1, -0.05) is 5.16 Å². The summed E-state index contributed by atoms with van der Waals surface area (Å²) >= 11 is 0. The van der Waals surface area contributed by atoms with Gasteiger partial charge >= 0.3 is 0 Å². The average molecular weight is 263 g/mol. The van der Waals surface area contributed by atoms with E-state index in [1.54, 1.807) is 0 Å². The third-order valence-electron chi connectivity index (χ3n) is 4.19. The van der Waals surface area contributed by atoms with Crippen molar-refractivity contribution in [3.8, 4) is 0 Å². The molecule has 1 aromatic heterocycles. The van der Waals surface area contributed by atoms with Crippen LogP contribution >= 0.6 is 0 Å². The van der Waals surface area contributed by atoms with Crippen LogP contribution in [-0.4, -0.2) is 23.1 Å². The molecule has 0 spiro atoms. The maximum absolute atomic E-state index is 11.9. The van der Waals surface area contributed by atoms with E-state index in [0.717, 1.165) is 24.3 Å². The minimum absolute atomic E-state index is 0.131. The number of aromatic nitrogens is 1. The number of hydrogen-bond acceptors (Lipinski definition) is 4. The van der Waals surface area contributed by atoms with Crippen molar-refractivity contribution in [2.24, 2.45) is 5.92 Å². The first-order valence-corrected chi connectivity index (χ1v) is 7.14. The maximum atomic E-state index is 11.9. The maximum Gasteiger partial charge on any atom is 0.220 e. The monoisotopic (exact) mass is 263 g/mol. The SMILES string of the molecule is Cc1cc(CNC(=O)CC2CC3CCC(C2)N3)no1. The van der Waals surface area contributed by atoms with Gasteiger partial charge in [-0.15, -0.1) is 0 Å². The fourth-order valence-corrected chi connectivity index (χ4v) is 3.37. The van der Waals surface area contributed by atoms with Gasteiger partial charge in [0.1, 0.15) is 11.5 Å². The van der Waals surface area contributed by atoms with E-state index >= 15 is 0 Å². The van der Waals surface area contributed by atoms with Gasteiger partial charge in [0.25, 0.3) is 0 Å². The van der Waals surface area contributed by atoms with Crippen molar-refractivity contribution in [1.29, 1.82) is 0 Å². The number of carbonyl (C=O) groups excluding carboxylic acids is 1. The predicted octanol–water partition coefficient (Wildman–Crippen LogP) is 1.52. The molecule has 1 amide bonds. The molecule has 5 heteroatoms. The highest BCUT2D eigenvalue weighted by Crippen LogP contribution is 2.32. The van der Waals surface area contributed by atoms with E-state index in [1.165, 1.54) is 12.8 Å². The molecule has 2 aliphatic heterocycles. The van der Waals surface area contributed by atoms with Gasteiger partial charge in [0, 0.05) is 24.6 Å². The van der Waals surface area contributed by atoms with Crippen molar-refractivity contribution >= 4 is 5.91 Å². The summed E-state index contributed by atoms with van der Waals surface area (Å²) in [6.07, 6.45) is 5.49. The smallest absolute Gasteiger partial charge is 0.220 e. The Labute approximate surface area is 113 Å². The molecule has 3 heterocycles. The van der Waals surface area contributed by atoms with Crippen LogP contribution in [0.1, 0.15) is 43.6 Å². The lowest BCUT2D eigenvalue weighted by atomic mass is 9.89. The van der Waals surface area contributed by atoms with E-state index in [9.17, 15) is 4.79 Å². The second-order valence-electron chi connectivity index (χ2n) is 5.89. The van der Waals surface area contributed by atoms with Crippen LogP contribution in [0.15, 0.2) is 10.6 Å². The summed E-state index contributed by atoms with van der Waals surface area (Å²) in [5, 5.41) is 10.4. The molecule has 104 valence electrons. The van der Waals surface area contributed by atoms with Gasteiger partial charge in [0.2, 0.25) is 5.91 Å². The van der Waals surface area contributed by atoms with Crippen molar-refractivity contribution in [3.05, 3.63) is 17.5 Å². The van der Waals surface area contributed by atoms with Crippen LogP contribution < -0.4 is 10.6 Å². The fraction of sp³-hybridized carbons (Fsp3) is 0.714. The third-order valence-corrected chi connectivity index (χ3v) is 4.19. The van der Waals surface area contributed by atoms with Gasteiger partial charge < -0.3 is 15.2 Å². The molecule has 5 nitrogen and oxygen atoms in total. The molecule has 19 heavy (non-hydrogen) atoms.